The molecular weight excluding hydrogens is 489 g/mol. The number of halogens is 1. The van der Waals surface area contributed by atoms with Gasteiger partial charge in [0.15, 0.2) is 21.2 Å². The van der Waals surface area contributed by atoms with Crippen LogP contribution in [-0.2, 0) is 19.4 Å². The Bertz CT molecular complexity index is 1100. The van der Waals surface area contributed by atoms with Crippen molar-refractivity contribution in [3.8, 4) is 11.1 Å². The zero-order valence-corrected chi connectivity index (χ0v) is 21.5. The number of ether oxygens (including phenoxy) is 1. The highest BCUT2D eigenvalue weighted by Gasteiger charge is 2.29. The smallest absolute Gasteiger partial charge is 0.221 e. The van der Waals surface area contributed by atoms with Gasteiger partial charge in [-0.1, -0.05) is 24.3 Å². The van der Waals surface area contributed by atoms with Crippen LogP contribution in [0.15, 0.2) is 47.6 Å². The van der Waals surface area contributed by atoms with Gasteiger partial charge < -0.3 is 25.2 Å². The molecule has 9 nitrogen and oxygen atoms in total. The number of pyridine rings is 1. The summed E-state index contributed by atoms with van der Waals surface area (Å²) in [5.41, 5.74) is 1.87. The number of nitrogens with zero attached hydrogens (tertiary/aromatic N) is 2. The number of sulfone groups is 1. The van der Waals surface area contributed by atoms with E-state index in [-0.39, 0.29) is 29.5 Å². The van der Waals surface area contributed by atoms with Crippen molar-refractivity contribution in [3.05, 3.63) is 48.2 Å². The monoisotopic (exact) mass is 523 g/mol. The summed E-state index contributed by atoms with van der Waals surface area (Å²) >= 11 is 0. The van der Waals surface area contributed by atoms with Gasteiger partial charge in [-0.05, 0) is 43.7 Å². The van der Waals surface area contributed by atoms with Crippen molar-refractivity contribution < 1.29 is 32.6 Å². The fourth-order valence-corrected chi connectivity index (χ4v) is 4.83. The third-order valence-corrected chi connectivity index (χ3v) is 7.38. The number of rotatable bonds is 10. The van der Waals surface area contributed by atoms with Gasteiger partial charge in [0, 0.05) is 43.4 Å². The number of alkyl halides is 1. The molecule has 1 saturated heterocycles. The summed E-state index contributed by atoms with van der Waals surface area (Å²) in [5, 5.41) is 23.0. The normalized spacial score (nSPS) is 22.2. The van der Waals surface area contributed by atoms with E-state index in [0.717, 1.165) is 18.2 Å². The second-order valence-corrected chi connectivity index (χ2v) is 11.3. The lowest BCUT2D eigenvalue weighted by atomic mass is 9.99. The van der Waals surface area contributed by atoms with Gasteiger partial charge in [0.1, 0.15) is 12.8 Å². The van der Waals surface area contributed by atoms with Gasteiger partial charge in [0.05, 0.1) is 12.1 Å². The number of hydrogen-bond acceptors (Lipinski definition) is 8. The van der Waals surface area contributed by atoms with Crippen LogP contribution in [0.25, 0.3) is 11.1 Å². The molecule has 5 atom stereocenters. The molecule has 1 aliphatic heterocycles. The molecule has 1 aromatic heterocycles. The fraction of sp³-hybridized carbons (Fsp3) is 0.520. The molecule has 2 aromatic rings. The average molecular weight is 524 g/mol. The van der Waals surface area contributed by atoms with Gasteiger partial charge in [-0.3, -0.25) is 4.79 Å². The van der Waals surface area contributed by atoms with Crippen LogP contribution in [0.1, 0.15) is 37.9 Å². The second kappa shape index (κ2) is 12.2. The molecule has 11 heteroatoms. The molecule has 198 valence electrons. The maximum absolute atomic E-state index is 13.7. The van der Waals surface area contributed by atoms with Crippen molar-refractivity contribution in [2.24, 2.45) is 0 Å². The Morgan fingerprint density at radius 1 is 1.22 bits per heavy atom. The lowest BCUT2D eigenvalue weighted by Gasteiger charge is -2.36. The van der Waals surface area contributed by atoms with Crippen LogP contribution in [-0.4, -0.2) is 85.4 Å². The minimum Gasteiger partial charge on any atom is -0.386 e. The van der Waals surface area contributed by atoms with Gasteiger partial charge in [-0.25, -0.2) is 17.8 Å². The van der Waals surface area contributed by atoms with Crippen molar-refractivity contribution in [3.63, 3.8) is 0 Å². The molecule has 0 spiro atoms. The summed E-state index contributed by atoms with van der Waals surface area (Å²) < 4.78 is 42.2. The molecule has 36 heavy (non-hydrogen) atoms. The lowest BCUT2D eigenvalue weighted by molar-refractivity contribution is -0.173. The number of nitrogens with one attached hydrogen (secondary N) is 1. The third-order valence-electron chi connectivity index (χ3n) is 6.38. The van der Waals surface area contributed by atoms with Gasteiger partial charge in [0.25, 0.3) is 0 Å². The van der Waals surface area contributed by atoms with Crippen LogP contribution in [0.2, 0.25) is 0 Å². The SMILES string of the molecule is C[C@@H]1C[C@H](N(C)CCC(=O)N[C@H](CF)[C@H](O)c2ccc(-c3ccc(S(C)(=O)=O)nc3)cc2)C[C@H](O)O1. The van der Waals surface area contributed by atoms with Crippen LogP contribution in [0.4, 0.5) is 4.39 Å². The van der Waals surface area contributed by atoms with Crippen LogP contribution < -0.4 is 5.32 Å². The maximum atomic E-state index is 13.7. The first-order chi connectivity index (χ1) is 17.0. The van der Waals surface area contributed by atoms with E-state index in [9.17, 15) is 27.8 Å². The van der Waals surface area contributed by atoms with Crippen molar-refractivity contribution in [2.75, 3.05) is 26.5 Å². The van der Waals surface area contributed by atoms with Gasteiger partial charge in [-0.2, -0.15) is 0 Å². The molecule has 0 unspecified atom stereocenters. The highest BCUT2D eigenvalue weighted by Crippen LogP contribution is 2.25. The molecule has 3 rings (SSSR count). The number of aromatic nitrogens is 1. The summed E-state index contributed by atoms with van der Waals surface area (Å²) in [6.45, 7) is 1.37. The van der Waals surface area contributed by atoms with Crippen molar-refractivity contribution in [1.29, 1.82) is 0 Å². The van der Waals surface area contributed by atoms with Crippen molar-refractivity contribution >= 4 is 15.7 Å². The number of amides is 1. The summed E-state index contributed by atoms with van der Waals surface area (Å²) in [5.74, 6) is -0.377. The quantitative estimate of drug-likeness (QED) is 0.430. The van der Waals surface area contributed by atoms with Gasteiger partial charge in [0.2, 0.25) is 5.91 Å². The number of carbonyl (C=O) groups is 1. The van der Waals surface area contributed by atoms with Crippen LogP contribution in [0.3, 0.4) is 0 Å². The predicted molar refractivity (Wildman–Crippen MR) is 132 cm³/mol. The van der Waals surface area contributed by atoms with Gasteiger partial charge >= 0.3 is 0 Å². The summed E-state index contributed by atoms with van der Waals surface area (Å²) in [7, 11) is -1.52. The van der Waals surface area contributed by atoms with E-state index in [0.29, 0.717) is 24.1 Å². The summed E-state index contributed by atoms with van der Waals surface area (Å²) in [6.07, 6.45) is 1.72. The number of aliphatic hydroxyl groups excluding tert-OH is 2. The Morgan fingerprint density at radius 2 is 1.89 bits per heavy atom. The van der Waals surface area contributed by atoms with E-state index in [4.69, 9.17) is 4.74 Å². The average Bonchev–Trinajstić information content (AvgIpc) is 2.84. The first kappa shape index (κ1) is 28.1. The topological polar surface area (TPSA) is 129 Å². The molecule has 1 aliphatic rings. The predicted octanol–water partition coefficient (Wildman–Crippen LogP) is 1.85. The third kappa shape index (κ3) is 7.53. The van der Waals surface area contributed by atoms with Crippen LogP contribution in [0.5, 0.6) is 0 Å². The Morgan fingerprint density at radius 3 is 2.44 bits per heavy atom. The standard InChI is InChI=1S/C25H34FN3O6S/c1-16-12-20(13-24(31)35-16)29(2)11-10-22(30)28-21(14-26)25(32)18-6-4-17(5-7-18)19-8-9-23(27-15-19)36(3,33)34/h4-9,15-16,20-21,24-25,31-32H,10-14H2,1-3H3,(H,28,30)/t16-,20+,21-,24-,25-/m1/s1. The molecular formula is C25H34FN3O6S. The highest BCUT2D eigenvalue weighted by molar-refractivity contribution is 7.90. The molecule has 3 N–H and O–H groups in total. The van der Waals surface area contributed by atoms with Crippen molar-refractivity contribution in [2.45, 2.75) is 61.8 Å². The first-order valence-corrected chi connectivity index (χ1v) is 13.7. The second-order valence-electron chi connectivity index (χ2n) is 9.31. The molecule has 1 aromatic carbocycles. The maximum Gasteiger partial charge on any atom is 0.221 e. The summed E-state index contributed by atoms with van der Waals surface area (Å²) in [6, 6.07) is 8.72. The van der Waals surface area contributed by atoms with E-state index in [1.165, 1.54) is 12.3 Å². The summed E-state index contributed by atoms with van der Waals surface area (Å²) in [4.78, 5) is 18.4. The Hall–Kier alpha value is -2.44. The molecule has 1 amide bonds. The number of benzene rings is 1. The fourth-order valence-electron chi connectivity index (χ4n) is 4.27. The first-order valence-electron chi connectivity index (χ1n) is 11.8. The Labute approximate surface area is 211 Å². The van der Waals surface area contributed by atoms with E-state index in [1.54, 1.807) is 30.3 Å². The minimum absolute atomic E-state index is 0.0223. The highest BCUT2D eigenvalue weighted by atomic mass is 32.2. The number of hydrogen-bond donors (Lipinski definition) is 3. The molecule has 0 bridgehead atoms. The van der Waals surface area contributed by atoms with E-state index in [1.807, 2.05) is 18.9 Å². The Kier molecular flexibility index (Phi) is 9.53. The minimum atomic E-state index is -3.39. The molecule has 0 aliphatic carbocycles. The van der Waals surface area contributed by atoms with E-state index in [2.05, 4.69) is 10.3 Å². The number of carbonyl (C=O) groups excluding carboxylic acids is 1. The zero-order chi connectivity index (χ0) is 26.5. The van der Waals surface area contributed by atoms with E-state index >= 15 is 0 Å². The van der Waals surface area contributed by atoms with Crippen LogP contribution in [0, 0.1) is 0 Å². The molecule has 2 heterocycles. The zero-order valence-electron chi connectivity index (χ0n) is 20.7. The van der Waals surface area contributed by atoms with Gasteiger partial charge in [-0.15, -0.1) is 0 Å². The van der Waals surface area contributed by atoms with E-state index < -0.39 is 34.9 Å². The lowest BCUT2D eigenvalue weighted by Crippen LogP contribution is -2.45. The Balaban J connectivity index is 1.55. The molecule has 0 saturated carbocycles. The van der Waals surface area contributed by atoms with Crippen molar-refractivity contribution in [1.82, 2.24) is 15.2 Å². The largest absolute Gasteiger partial charge is 0.386 e. The number of aliphatic hydroxyl groups is 2. The molecule has 1 fully saturated rings. The van der Waals surface area contributed by atoms with Crippen LogP contribution >= 0.6 is 0 Å². The molecule has 0 radical (unpaired) electrons.